The van der Waals surface area contributed by atoms with Gasteiger partial charge in [0.05, 0.1) is 56.2 Å². The van der Waals surface area contributed by atoms with E-state index in [9.17, 15) is 12.3 Å². The summed E-state index contributed by atoms with van der Waals surface area (Å²) in [6, 6.07) is -0.755. The number of aryl methyl sites for hydroxylation is 5. The Morgan fingerprint density at radius 2 is 0.574 bits per heavy atom. The molecular formula is C124H108B4O8. The molecule has 0 saturated heterocycles. The van der Waals surface area contributed by atoms with Crippen LogP contribution in [0.2, 0.25) is 0 Å². The van der Waals surface area contributed by atoms with E-state index in [0.717, 1.165) is 5.56 Å². The van der Waals surface area contributed by atoms with Crippen LogP contribution in [0.15, 0.2) is 327 Å². The zero-order valence-corrected chi connectivity index (χ0v) is 76.1. The Hall–Kier alpha value is -14.6. The summed E-state index contributed by atoms with van der Waals surface area (Å²) in [4.78, 5) is 0. The summed E-state index contributed by atoms with van der Waals surface area (Å²) >= 11 is 0. The molecular weight excluding hydrogens is 1660 g/mol. The molecule has 0 fully saturated rings. The van der Waals surface area contributed by atoms with Crippen LogP contribution in [0.3, 0.4) is 0 Å². The lowest BCUT2D eigenvalue weighted by Crippen LogP contribution is -2.58. The zero-order valence-electron chi connectivity index (χ0n) is 126. The van der Waals surface area contributed by atoms with Crippen molar-refractivity contribution in [1.82, 2.24) is 0 Å². The lowest BCUT2D eigenvalue weighted by molar-refractivity contribution is 0.463. The highest BCUT2D eigenvalue weighted by Crippen LogP contribution is 2.50. The molecule has 8 aliphatic rings. The largest absolute Gasteiger partial charge is 0.458 e. The van der Waals surface area contributed by atoms with Crippen molar-refractivity contribution < 1.29 is 106 Å². The minimum atomic E-state index is -2.77. The van der Waals surface area contributed by atoms with Gasteiger partial charge in [-0.2, -0.15) is 0 Å². The molecule has 0 bridgehead atoms. The van der Waals surface area contributed by atoms with Crippen LogP contribution in [0.5, 0.6) is 92.0 Å². The molecule has 0 aliphatic carbocycles. The Kier molecular flexibility index (Phi) is 11.6. The molecule has 8 heterocycles. The Balaban J connectivity index is 0.000000136. The number of benzene rings is 17. The standard InChI is InChI=1S/C38H35BO2.C34H35BO2.C31H21BO2.C21H17BO2/c1-37(2,3)26-17-19-32-30(21-26)39-31-22-27(38(4,5)6)18-20-33(31)41-36-29(25-15-11-8-12-16-25)23-28(35(40-32)34(36)39)24-13-9-7-10-14-24;1-20-10-9-11-21(2)31(20)22-16-29-32-30(17-22)37-28-15-13-24(34(6,7)8)19-26(28)35(32)25-18-23(33(3,4)5)12-14-27(25)36-29;1-20-16-29-31-30(17-20)34-28-19-24(22-10-6-3-7-11-22)12-14-25(28)32(31)26-18-23(13-15-27(26)33-29)21-8-4-2-5-9-21;1-12-5-7-17-16(8-12)22-15-6-4-13(2)9-18(15)24-20-11-14(3)10-19(23-17)21(20)22/h7-23H,1-6H3;9-19H,1-8H3;2-19H,1H3;4-11H,1-3H3/i7D,8D,9D,10D,11D,12D,13D,14D,15D,16D,17D,18D,19D,20D,21D,22D;1D3,12D,13D,14D,15D,18D,19D;2D,3D,4D,5D,6D,7D,8D,9D,10D,11D,12D,13D,14D,15D,18D,19D;1D3,2D3,5D,7D,8D. The van der Waals surface area contributed by atoms with E-state index in [1.807, 2.05) is 61.5 Å². The quantitative estimate of drug-likeness (QED) is 0.158. The number of hydrogen-bond donors (Lipinski definition) is 0. The van der Waals surface area contributed by atoms with Crippen LogP contribution in [0.25, 0.3) is 55.6 Å². The molecule has 17 aromatic carbocycles. The Morgan fingerprint density at radius 3 is 1.01 bits per heavy atom. The average molecular weight is 1820 g/mol. The first-order valence-electron chi connectivity index (χ1n) is 68.8. The highest BCUT2D eigenvalue weighted by atomic mass is 16.5. The SMILES string of the molecule is [2H]c1c([2H])c(C(C)(C)C)c([2H])c2c1Oc1cc(-c3c(C)cccc3C([2H])([2H])[2H])cc3c1B2c1c([2H])c(C(C)(C)C)c([2H])c([2H])c1O3.[2H]c1c([2H])c(C([2H])([2H])[2H])c([2H])c2c1Oc1cc(C)cc3c1B2c1ccc(C([2H])([2H])[2H])cc1O3.[2H]c1c([2H])c([2H])c(-c2c([2H])c([2H])c3c(c2[2H])Oc2cc(C)cc4c2B3c2c([2H])c(-c3c([2H])c([2H])c([2H])c([2H])c3[2H])c([2H])c([2H])c2O4)c([2H])c1[2H].[2H]c1c([2H])c([2H])c(-c2cc(-c3c([2H])c([2H])c([2H])c([2H])c3[2H])c3c4c2Oc2c([2H])c([2H])c(C(C)(C)C)c([2H])c2B4c2c([2H])c(C(C)(C)C)c([2H])c([2H])c2O3)c([2H])c1[2H]. The van der Waals surface area contributed by atoms with Crippen molar-refractivity contribution in [3.8, 4) is 148 Å². The van der Waals surface area contributed by atoms with Gasteiger partial charge in [0.15, 0.2) is 0 Å². The molecule has 0 N–H and O–H groups in total. The zero-order chi connectivity index (χ0) is 137. The molecule has 12 heteroatoms. The third-order valence-electron chi connectivity index (χ3n) is 24.3. The number of rotatable bonds is 5. The minimum Gasteiger partial charge on any atom is -0.458 e. The van der Waals surface area contributed by atoms with Gasteiger partial charge < -0.3 is 37.9 Å². The van der Waals surface area contributed by atoms with Crippen molar-refractivity contribution in [3.05, 3.63) is 382 Å². The normalized spacial score (nSPS) is 18.8. The average Bonchev–Trinajstić information content (AvgIpc) is 0.670. The first-order valence-corrected chi connectivity index (χ1v) is 43.8. The van der Waals surface area contributed by atoms with Crippen LogP contribution in [-0.4, -0.2) is 26.9 Å². The second kappa shape index (κ2) is 33.2. The molecule has 0 unspecified atom stereocenters. The number of ether oxygens (including phenoxy) is 8. The molecule has 17 aromatic rings. The molecule has 0 atom stereocenters. The van der Waals surface area contributed by atoms with Crippen molar-refractivity contribution >= 4 is 92.4 Å². The number of fused-ring (bicyclic) bond motifs is 16. The van der Waals surface area contributed by atoms with Crippen molar-refractivity contribution in [2.45, 2.75) is 146 Å². The smallest absolute Gasteiger partial charge is 0.260 e. The number of hydrogen-bond acceptors (Lipinski definition) is 8. The molecule has 8 aliphatic heterocycles. The van der Waals surface area contributed by atoms with Crippen molar-refractivity contribution in [3.63, 3.8) is 0 Å². The maximum absolute atomic E-state index is 9.67. The van der Waals surface area contributed by atoms with Crippen molar-refractivity contribution in [2.75, 3.05) is 0 Å². The Morgan fingerprint density at radius 1 is 0.228 bits per heavy atom. The van der Waals surface area contributed by atoms with Crippen LogP contribution < -0.4 is 103 Å². The molecule has 0 amide bonds. The summed E-state index contributed by atoms with van der Waals surface area (Å²) in [5, 5.41) is 0. The summed E-state index contributed by atoms with van der Waals surface area (Å²) in [7, 11) is 0. The van der Waals surface area contributed by atoms with Crippen LogP contribution in [0.4, 0.5) is 0 Å². The van der Waals surface area contributed by atoms with Crippen LogP contribution in [0.1, 0.15) is 207 Å². The summed E-state index contributed by atoms with van der Waals surface area (Å²) in [6.07, 6.45) is 0. The van der Waals surface area contributed by atoms with E-state index in [0.29, 0.717) is 72.2 Å². The summed E-state index contributed by atoms with van der Waals surface area (Å²) < 4.78 is 482. The molecule has 0 spiro atoms. The van der Waals surface area contributed by atoms with Gasteiger partial charge in [-0.05, 0) is 292 Å². The van der Waals surface area contributed by atoms with Gasteiger partial charge in [0.25, 0.3) is 26.9 Å². The summed E-state index contributed by atoms with van der Waals surface area (Å²) in [5.41, 5.74) is -0.128. The van der Waals surface area contributed by atoms with Gasteiger partial charge in [-0.15, -0.1) is 0 Å². The maximum atomic E-state index is 9.67. The fourth-order valence-corrected chi connectivity index (χ4v) is 17.7. The van der Waals surface area contributed by atoms with E-state index in [4.69, 9.17) is 94.1 Å². The predicted molar refractivity (Wildman–Crippen MR) is 567 cm³/mol. The van der Waals surface area contributed by atoms with Gasteiger partial charge >= 0.3 is 0 Å². The lowest BCUT2D eigenvalue weighted by Gasteiger charge is -2.37. The topological polar surface area (TPSA) is 73.8 Å². The molecule has 136 heavy (non-hydrogen) atoms. The molecule has 0 radical (unpaired) electrons. The van der Waals surface area contributed by atoms with Gasteiger partial charge in [-0.3, -0.25) is 0 Å². The second-order valence-corrected chi connectivity index (χ2v) is 38.0. The first kappa shape index (κ1) is 47.5. The maximum Gasteiger partial charge on any atom is 0.260 e. The van der Waals surface area contributed by atoms with Crippen molar-refractivity contribution in [1.29, 1.82) is 0 Å². The molecule has 0 saturated carbocycles. The van der Waals surface area contributed by atoms with E-state index in [1.165, 1.54) is 18.2 Å². The Labute approximate surface area is 872 Å². The van der Waals surface area contributed by atoms with Gasteiger partial charge in [-0.1, -0.05) is 324 Å². The molecule has 25 rings (SSSR count). The third kappa shape index (κ3) is 15.6. The van der Waals surface area contributed by atoms with Crippen LogP contribution in [0, 0.1) is 41.3 Å². The molecule has 8 nitrogen and oxygen atoms in total. The molecule has 0 aromatic heterocycles. The van der Waals surface area contributed by atoms with E-state index in [-0.39, 0.29) is 219 Å². The van der Waals surface area contributed by atoms with Crippen LogP contribution in [-0.2, 0) is 21.7 Å². The monoisotopic (exact) mass is 1820 g/mol. The second-order valence-electron chi connectivity index (χ2n) is 38.0. The predicted octanol–water partition coefficient (Wildman–Crippen LogP) is 25.0. The fraction of sp³-hybridized carbons (Fsp3) is 0.177. The van der Waals surface area contributed by atoms with E-state index >= 15 is 0 Å². The van der Waals surface area contributed by atoms with Gasteiger partial charge in [0.2, 0.25) is 0 Å². The highest BCUT2D eigenvalue weighted by Gasteiger charge is 2.48. The fourth-order valence-electron chi connectivity index (χ4n) is 17.7. The van der Waals surface area contributed by atoms with E-state index in [2.05, 4.69) is 0 Å². The van der Waals surface area contributed by atoms with E-state index in [1.54, 1.807) is 103 Å². The molecule has 664 valence electrons. The minimum absolute atomic E-state index is 0.00469. The lowest BCUT2D eigenvalue weighted by atomic mass is 9.34. The highest BCUT2D eigenvalue weighted by molar-refractivity contribution is 7.00. The Bertz CT molecular complexity index is 10400. The third-order valence-corrected chi connectivity index (χ3v) is 24.3. The van der Waals surface area contributed by atoms with Crippen LogP contribution >= 0.6 is 0 Å². The summed E-state index contributed by atoms with van der Waals surface area (Å²) in [6.45, 7) is 15.4. The van der Waals surface area contributed by atoms with Gasteiger partial charge in [0.1, 0.15) is 92.0 Å². The van der Waals surface area contributed by atoms with Crippen molar-refractivity contribution in [2.24, 2.45) is 0 Å². The van der Waals surface area contributed by atoms with Gasteiger partial charge in [0, 0.05) is 45.3 Å². The first-order chi connectivity index (χ1) is 86.1. The summed E-state index contributed by atoms with van der Waals surface area (Å²) in [5.74, 6) is 0.103. The van der Waals surface area contributed by atoms with Gasteiger partial charge in [-0.25, -0.2) is 0 Å². The van der Waals surface area contributed by atoms with E-state index < -0.39 is 289 Å².